The summed E-state index contributed by atoms with van der Waals surface area (Å²) in [5.41, 5.74) is 0. The van der Waals surface area contributed by atoms with Crippen LogP contribution in [0, 0.1) is 0 Å². The minimum absolute atomic E-state index is 0. The Kier molecular flexibility index (Phi) is 16.1. The third-order valence-electron chi connectivity index (χ3n) is 0.785. The fraction of sp³-hybridized carbons (Fsp3) is 0.500. The molecule has 5 nitrogen and oxygen atoms in total. The molecule has 0 unspecified atom stereocenters. The molecule has 0 radical (unpaired) electrons. The normalized spacial score (nSPS) is 8.54. The topological polar surface area (TPSA) is 86.3 Å². The van der Waals surface area contributed by atoms with Crippen molar-refractivity contribution < 1.29 is 69.1 Å². The predicted octanol–water partition coefficient (Wildman–Crippen LogP) is -3.53. The molecule has 1 N–H and O–H groups in total. The SMILES string of the molecule is C=CC(=O)NC.CCS(=O)(=O)[O-].[K+]. The van der Waals surface area contributed by atoms with Crippen LogP contribution in [0.15, 0.2) is 12.7 Å². The summed E-state index contributed by atoms with van der Waals surface area (Å²) in [6.45, 7) is 4.53. The second kappa shape index (κ2) is 10.8. The summed E-state index contributed by atoms with van der Waals surface area (Å²) in [5.74, 6) is -0.456. The van der Waals surface area contributed by atoms with Crippen LogP contribution in [0.5, 0.6) is 0 Å². The Labute approximate surface area is 121 Å². The van der Waals surface area contributed by atoms with Crippen molar-refractivity contribution in [2.45, 2.75) is 6.92 Å². The fourth-order valence-corrected chi connectivity index (χ4v) is 0.102. The zero-order chi connectivity index (χ0) is 10.2. The molecule has 0 rings (SSSR count). The van der Waals surface area contributed by atoms with Crippen molar-refractivity contribution in [1.29, 1.82) is 0 Å². The van der Waals surface area contributed by atoms with Gasteiger partial charge >= 0.3 is 51.4 Å². The molecule has 0 aromatic carbocycles. The van der Waals surface area contributed by atoms with E-state index in [1.807, 2.05) is 0 Å². The van der Waals surface area contributed by atoms with Gasteiger partial charge in [0.2, 0.25) is 5.91 Å². The molecule has 0 aliphatic carbocycles. The molecule has 0 heterocycles. The van der Waals surface area contributed by atoms with Gasteiger partial charge in [0.15, 0.2) is 0 Å². The van der Waals surface area contributed by atoms with Crippen molar-refractivity contribution in [3.8, 4) is 0 Å². The van der Waals surface area contributed by atoms with Gasteiger partial charge in [-0.25, -0.2) is 8.42 Å². The van der Waals surface area contributed by atoms with Gasteiger partial charge in [0.25, 0.3) is 0 Å². The van der Waals surface area contributed by atoms with Crippen LogP contribution in [0.3, 0.4) is 0 Å². The van der Waals surface area contributed by atoms with Crippen LogP contribution < -0.4 is 56.7 Å². The molecule has 0 fully saturated rings. The molecule has 0 saturated heterocycles. The first-order valence-electron chi connectivity index (χ1n) is 3.15. The maximum atomic E-state index is 9.95. The van der Waals surface area contributed by atoms with Gasteiger partial charge in [-0.3, -0.25) is 4.79 Å². The molecule has 0 aromatic heterocycles. The number of amides is 1. The minimum atomic E-state index is -3.91. The Morgan fingerprint density at radius 3 is 1.92 bits per heavy atom. The Morgan fingerprint density at radius 1 is 1.62 bits per heavy atom. The zero-order valence-corrected chi connectivity index (χ0v) is 12.0. The summed E-state index contributed by atoms with van der Waals surface area (Å²) in [4.78, 5) is 9.95. The predicted molar refractivity (Wildman–Crippen MR) is 44.5 cm³/mol. The quantitative estimate of drug-likeness (QED) is 0.304. The van der Waals surface area contributed by atoms with Gasteiger partial charge in [0.05, 0.1) is 10.1 Å². The molecule has 0 aliphatic rings. The van der Waals surface area contributed by atoms with Crippen molar-refractivity contribution in [3.63, 3.8) is 0 Å². The van der Waals surface area contributed by atoms with Gasteiger partial charge in [0, 0.05) is 12.8 Å². The summed E-state index contributed by atoms with van der Waals surface area (Å²) in [5, 5.41) is 2.36. The van der Waals surface area contributed by atoms with Gasteiger partial charge in [-0.05, 0) is 6.08 Å². The number of hydrogen-bond acceptors (Lipinski definition) is 4. The van der Waals surface area contributed by atoms with E-state index in [2.05, 4.69) is 11.9 Å². The van der Waals surface area contributed by atoms with Crippen LogP contribution in [0.25, 0.3) is 0 Å². The zero-order valence-electron chi connectivity index (χ0n) is 8.03. The molecule has 0 aromatic rings. The van der Waals surface area contributed by atoms with Crippen LogP contribution in [0.1, 0.15) is 6.92 Å². The molecule has 13 heavy (non-hydrogen) atoms. The van der Waals surface area contributed by atoms with E-state index in [4.69, 9.17) is 0 Å². The molecular weight excluding hydrogens is 221 g/mol. The van der Waals surface area contributed by atoms with E-state index in [-0.39, 0.29) is 63.0 Å². The molecule has 0 spiro atoms. The average molecular weight is 233 g/mol. The molecule has 0 bridgehead atoms. The first kappa shape index (κ1) is 19.3. The molecule has 0 saturated carbocycles. The van der Waals surface area contributed by atoms with E-state index in [1.54, 1.807) is 7.05 Å². The van der Waals surface area contributed by atoms with E-state index in [1.165, 1.54) is 13.0 Å². The average Bonchev–Trinajstić information content (AvgIpc) is 2.03. The second-order valence-corrected chi connectivity index (χ2v) is 3.36. The smallest absolute Gasteiger partial charge is 0.748 e. The van der Waals surface area contributed by atoms with Gasteiger partial charge in [-0.1, -0.05) is 13.5 Å². The fourth-order valence-electron chi connectivity index (χ4n) is 0.102. The maximum Gasteiger partial charge on any atom is 1.00 e. The molecular formula is C6H12KNO4S. The minimum Gasteiger partial charge on any atom is -0.748 e. The van der Waals surface area contributed by atoms with E-state index in [9.17, 15) is 17.8 Å². The number of rotatable bonds is 2. The summed E-state index contributed by atoms with van der Waals surface area (Å²) in [6.07, 6.45) is 1.22. The van der Waals surface area contributed by atoms with Crippen molar-refractivity contribution in [3.05, 3.63) is 12.7 Å². The number of nitrogens with one attached hydrogen (secondary N) is 1. The summed E-state index contributed by atoms with van der Waals surface area (Å²) in [6, 6.07) is 0. The Morgan fingerprint density at radius 2 is 1.92 bits per heavy atom. The van der Waals surface area contributed by atoms with E-state index in [0.29, 0.717) is 0 Å². The van der Waals surface area contributed by atoms with E-state index < -0.39 is 10.1 Å². The van der Waals surface area contributed by atoms with Crippen LogP contribution in [-0.4, -0.2) is 31.7 Å². The first-order valence-corrected chi connectivity index (χ1v) is 4.72. The van der Waals surface area contributed by atoms with E-state index in [0.717, 1.165) is 0 Å². The third kappa shape index (κ3) is 24.5. The van der Waals surface area contributed by atoms with Gasteiger partial charge < -0.3 is 9.87 Å². The Balaban J connectivity index is -0.000000143. The molecule has 0 aliphatic heterocycles. The maximum absolute atomic E-state index is 9.95. The third-order valence-corrected chi connectivity index (χ3v) is 1.49. The number of likely N-dealkylation sites (N-methyl/N-ethyl adjacent to an activating group) is 1. The second-order valence-electron chi connectivity index (χ2n) is 1.66. The van der Waals surface area contributed by atoms with Gasteiger partial charge in [0.1, 0.15) is 0 Å². The van der Waals surface area contributed by atoms with Gasteiger partial charge in [-0.15, -0.1) is 0 Å². The monoisotopic (exact) mass is 233 g/mol. The van der Waals surface area contributed by atoms with Crippen LogP contribution in [0.2, 0.25) is 0 Å². The summed E-state index contributed by atoms with van der Waals surface area (Å²) in [7, 11) is -2.35. The molecule has 72 valence electrons. The van der Waals surface area contributed by atoms with Crippen molar-refractivity contribution in [2.75, 3.05) is 12.8 Å². The van der Waals surface area contributed by atoms with Crippen molar-refractivity contribution >= 4 is 16.0 Å². The van der Waals surface area contributed by atoms with Crippen molar-refractivity contribution in [2.24, 2.45) is 0 Å². The first-order chi connectivity index (χ1) is 5.37. The van der Waals surface area contributed by atoms with Gasteiger partial charge in [-0.2, -0.15) is 0 Å². The Hall–Kier alpha value is 0.756. The van der Waals surface area contributed by atoms with Crippen molar-refractivity contribution in [1.82, 2.24) is 5.32 Å². The molecule has 1 amide bonds. The number of carbonyl (C=O) groups excluding carboxylic acids is 1. The van der Waals surface area contributed by atoms with Crippen LogP contribution >= 0.6 is 0 Å². The molecule has 0 atom stereocenters. The summed E-state index contributed by atoms with van der Waals surface area (Å²) < 4.78 is 28.3. The van der Waals surface area contributed by atoms with E-state index >= 15 is 0 Å². The molecule has 7 heteroatoms. The summed E-state index contributed by atoms with van der Waals surface area (Å²) >= 11 is 0. The largest absolute Gasteiger partial charge is 1.00 e. The van der Waals surface area contributed by atoms with Crippen LogP contribution in [-0.2, 0) is 14.9 Å². The standard InChI is InChI=1S/C4H7NO.C2H6O3S.K/c1-3-4(6)5-2;1-2-6(3,4)5;/h3H,1H2,2H3,(H,5,6);2H2,1H3,(H,3,4,5);/q;;+1/p-1. The number of carbonyl (C=O) groups is 1. The van der Waals surface area contributed by atoms with Crippen LogP contribution in [0.4, 0.5) is 0 Å². The Bertz CT molecular complexity index is 237. The number of hydrogen-bond donors (Lipinski definition) is 1.